The summed E-state index contributed by atoms with van der Waals surface area (Å²) in [5, 5.41) is 8.29. The molecule has 1 heterocycles. The third-order valence-corrected chi connectivity index (χ3v) is 5.56. The van der Waals surface area contributed by atoms with E-state index in [2.05, 4.69) is 10.2 Å². The van der Waals surface area contributed by atoms with Crippen LogP contribution < -0.4 is 5.73 Å². The average molecular weight is 261 g/mol. The predicted octanol–water partition coefficient (Wildman–Crippen LogP) is 2.85. The number of nitrogens with two attached hydrogens (primary N) is 1. The number of nitrogens with zero attached hydrogens (tertiary/aromatic N) is 2. The van der Waals surface area contributed by atoms with Crippen molar-refractivity contribution >= 4 is 0 Å². The van der Waals surface area contributed by atoms with Gasteiger partial charge in [0.25, 0.3) is 0 Å². The molecule has 4 aliphatic carbocycles. The molecule has 0 aromatic carbocycles. The Morgan fingerprint density at radius 2 is 1.74 bits per heavy atom. The smallest absolute Gasteiger partial charge is 0.232 e. The number of hydrogen-bond acceptors (Lipinski definition) is 4. The first-order valence-corrected chi connectivity index (χ1v) is 7.70. The fourth-order valence-electron chi connectivity index (χ4n) is 5.35. The summed E-state index contributed by atoms with van der Waals surface area (Å²) in [6.45, 7) is 1.89. The first-order valence-electron chi connectivity index (χ1n) is 7.70. The average Bonchev–Trinajstić information content (AvgIpc) is 2.74. The quantitative estimate of drug-likeness (QED) is 0.908. The molecule has 5 rings (SSSR count). The Morgan fingerprint density at radius 3 is 2.21 bits per heavy atom. The predicted molar refractivity (Wildman–Crippen MR) is 71.2 cm³/mol. The van der Waals surface area contributed by atoms with Crippen molar-refractivity contribution in [3.8, 4) is 0 Å². The van der Waals surface area contributed by atoms with Gasteiger partial charge in [-0.1, -0.05) is 0 Å². The van der Waals surface area contributed by atoms with Crippen molar-refractivity contribution in [1.82, 2.24) is 10.2 Å². The third-order valence-electron chi connectivity index (χ3n) is 5.56. The summed E-state index contributed by atoms with van der Waals surface area (Å²) in [5.41, 5.74) is 6.26. The minimum Gasteiger partial charge on any atom is -0.424 e. The van der Waals surface area contributed by atoms with Crippen molar-refractivity contribution in [1.29, 1.82) is 0 Å². The molecule has 1 atom stereocenters. The highest BCUT2D eigenvalue weighted by molar-refractivity contribution is 5.04. The molecule has 104 valence electrons. The van der Waals surface area contributed by atoms with Gasteiger partial charge in [0, 0.05) is 6.42 Å². The molecule has 1 unspecified atom stereocenters. The molecule has 4 bridgehead atoms. The van der Waals surface area contributed by atoms with Crippen LogP contribution in [0.3, 0.4) is 0 Å². The fourth-order valence-corrected chi connectivity index (χ4v) is 5.35. The first kappa shape index (κ1) is 11.9. The van der Waals surface area contributed by atoms with Crippen LogP contribution in [0.2, 0.25) is 0 Å². The summed E-state index contributed by atoms with van der Waals surface area (Å²) < 4.78 is 5.74. The molecule has 0 radical (unpaired) electrons. The van der Waals surface area contributed by atoms with E-state index in [1.165, 1.54) is 38.5 Å². The van der Waals surface area contributed by atoms with Gasteiger partial charge < -0.3 is 10.2 Å². The molecule has 1 aromatic heterocycles. The van der Waals surface area contributed by atoms with E-state index < -0.39 is 0 Å². The van der Waals surface area contributed by atoms with Crippen LogP contribution in [0, 0.1) is 23.2 Å². The second-order valence-electron chi connectivity index (χ2n) is 7.42. The molecule has 4 aliphatic rings. The maximum absolute atomic E-state index is 5.79. The van der Waals surface area contributed by atoms with Gasteiger partial charge >= 0.3 is 0 Å². The van der Waals surface area contributed by atoms with E-state index >= 15 is 0 Å². The van der Waals surface area contributed by atoms with Crippen LogP contribution in [-0.2, 0) is 6.42 Å². The maximum Gasteiger partial charge on any atom is 0.232 e. The van der Waals surface area contributed by atoms with Crippen molar-refractivity contribution in [3.05, 3.63) is 11.8 Å². The SMILES string of the molecule is CC(N)c1nnc(CC23CC4CC(CC(C4)C2)C3)o1. The van der Waals surface area contributed by atoms with Gasteiger partial charge in [-0.3, -0.25) is 0 Å². The van der Waals surface area contributed by atoms with Gasteiger partial charge in [0.05, 0.1) is 6.04 Å². The van der Waals surface area contributed by atoms with Gasteiger partial charge in [-0.2, -0.15) is 0 Å². The molecule has 0 saturated heterocycles. The number of hydrogen-bond donors (Lipinski definition) is 1. The van der Waals surface area contributed by atoms with Crippen LogP contribution in [0.1, 0.15) is 63.3 Å². The molecule has 4 fully saturated rings. The summed E-state index contributed by atoms with van der Waals surface area (Å²) >= 11 is 0. The largest absolute Gasteiger partial charge is 0.424 e. The molecular weight excluding hydrogens is 238 g/mol. The van der Waals surface area contributed by atoms with Crippen LogP contribution in [-0.4, -0.2) is 10.2 Å². The Hall–Kier alpha value is -0.900. The minimum atomic E-state index is -0.155. The highest BCUT2D eigenvalue weighted by atomic mass is 16.4. The van der Waals surface area contributed by atoms with E-state index in [0.717, 1.165) is 30.1 Å². The summed E-state index contributed by atoms with van der Waals surface area (Å²) in [7, 11) is 0. The Labute approximate surface area is 114 Å². The first-order chi connectivity index (χ1) is 9.12. The van der Waals surface area contributed by atoms with E-state index in [-0.39, 0.29) is 6.04 Å². The Bertz CT molecular complexity index is 444. The molecule has 19 heavy (non-hydrogen) atoms. The fraction of sp³-hybridized carbons (Fsp3) is 0.867. The molecule has 4 saturated carbocycles. The molecule has 1 aromatic rings. The zero-order valence-electron chi connectivity index (χ0n) is 11.6. The molecule has 0 amide bonds. The highest BCUT2D eigenvalue weighted by Crippen LogP contribution is 2.60. The number of rotatable bonds is 3. The normalized spacial score (nSPS) is 41.7. The van der Waals surface area contributed by atoms with Crippen molar-refractivity contribution in [2.24, 2.45) is 28.9 Å². The minimum absolute atomic E-state index is 0.155. The Kier molecular flexibility index (Phi) is 2.53. The molecular formula is C15H23N3O. The zero-order chi connectivity index (χ0) is 13.0. The summed E-state index contributed by atoms with van der Waals surface area (Å²) in [5.74, 6) is 4.32. The van der Waals surface area contributed by atoms with Gasteiger partial charge in [-0.05, 0) is 68.6 Å². The van der Waals surface area contributed by atoms with E-state index in [9.17, 15) is 0 Å². The second-order valence-corrected chi connectivity index (χ2v) is 7.42. The van der Waals surface area contributed by atoms with Crippen LogP contribution in [0.25, 0.3) is 0 Å². The lowest BCUT2D eigenvalue weighted by atomic mass is 9.49. The molecule has 2 N–H and O–H groups in total. The van der Waals surface area contributed by atoms with Crippen LogP contribution in [0.15, 0.2) is 4.42 Å². The van der Waals surface area contributed by atoms with Crippen molar-refractivity contribution in [3.63, 3.8) is 0 Å². The third kappa shape index (κ3) is 2.00. The van der Waals surface area contributed by atoms with E-state index in [0.29, 0.717) is 11.3 Å². The Balaban J connectivity index is 1.55. The Morgan fingerprint density at radius 1 is 1.16 bits per heavy atom. The van der Waals surface area contributed by atoms with Gasteiger partial charge in [0.15, 0.2) is 0 Å². The second kappa shape index (κ2) is 4.05. The molecule has 4 nitrogen and oxygen atoms in total. The molecule has 0 aliphatic heterocycles. The lowest BCUT2D eigenvalue weighted by Gasteiger charge is -2.56. The number of aromatic nitrogens is 2. The molecule has 0 spiro atoms. The van der Waals surface area contributed by atoms with Gasteiger partial charge in [0.2, 0.25) is 11.8 Å². The standard InChI is InChI=1S/C15H23N3O/c1-9(16)14-18-17-13(19-14)8-15-5-10-2-11(6-15)4-12(3-10)7-15/h9-12H,2-8,16H2,1H3. The van der Waals surface area contributed by atoms with Gasteiger partial charge in [-0.25, -0.2) is 0 Å². The van der Waals surface area contributed by atoms with E-state index in [4.69, 9.17) is 10.2 Å². The van der Waals surface area contributed by atoms with Crippen molar-refractivity contribution in [2.45, 2.75) is 57.9 Å². The van der Waals surface area contributed by atoms with E-state index in [1.54, 1.807) is 0 Å². The highest BCUT2D eigenvalue weighted by Gasteiger charge is 2.51. The van der Waals surface area contributed by atoms with E-state index in [1.807, 2.05) is 6.92 Å². The summed E-state index contributed by atoms with van der Waals surface area (Å²) in [4.78, 5) is 0. The van der Waals surface area contributed by atoms with Crippen molar-refractivity contribution < 1.29 is 4.42 Å². The van der Waals surface area contributed by atoms with Gasteiger partial charge in [-0.15, -0.1) is 10.2 Å². The lowest BCUT2D eigenvalue weighted by Crippen LogP contribution is -2.47. The topological polar surface area (TPSA) is 64.9 Å². The monoisotopic (exact) mass is 261 g/mol. The van der Waals surface area contributed by atoms with Crippen LogP contribution >= 0.6 is 0 Å². The van der Waals surface area contributed by atoms with Crippen LogP contribution in [0.5, 0.6) is 0 Å². The lowest BCUT2D eigenvalue weighted by molar-refractivity contribution is -0.0552. The zero-order valence-corrected chi connectivity index (χ0v) is 11.6. The maximum atomic E-state index is 5.79. The van der Waals surface area contributed by atoms with Crippen molar-refractivity contribution in [2.75, 3.05) is 0 Å². The summed E-state index contributed by atoms with van der Waals surface area (Å²) in [6.07, 6.45) is 9.57. The molecule has 4 heteroatoms. The van der Waals surface area contributed by atoms with Gasteiger partial charge in [0.1, 0.15) is 0 Å². The van der Waals surface area contributed by atoms with Crippen LogP contribution in [0.4, 0.5) is 0 Å². The summed E-state index contributed by atoms with van der Waals surface area (Å²) in [6, 6.07) is -0.155.